The van der Waals surface area contributed by atoms with Crippen LogP contribution in [-0.2, 0) is 0 Å². The van der Waals surface area contributed by atoms with Crippen molar-refractivity contribution < 1.29 is 23.9 Å². The van der Waals surface area contributed by atoms with Crippen LogP contribution >= 0.6 is 0 Å². The van der Waals surface area contributed by atoms with Gasteiger partial charge in [-0.1, -0.05) is 0 Å². The Morgan fingerprint density at radius 2 is 0.857 bits per heavy atom. The normalized spacial score (nSPS) is 8.57. The van der Waals surface area contributed by atoms with Crippen LogP contribution in [0.2, 0.25) is 0 Å². The van der Waals surface area contributed by atoms with E-state index in [1.165, 1.54) is 0 Å². The van der Waals surface area contributed by atoms with Gasteiger partial charge in [-0.15, -0.1) is 0 Å². The largest absolute Gasteiger partial charge is 0.668 e. The molecule has 0 unspecified atom stereocenters. The summed E-state index contributed by atoms with van der Waals surface area (Å²) in [5.74, 6) is 0. The van der Waals surface area contributed by atoms with Gasteiger partial charge in [0.25, 0.3) is 0 Å². The molecule has 0 rings (SSSR count). The van der Waals surface area contributed by atoms with E-state index < -0.39 is 9.05 Å². The SMILES string of the molecule is F.O[Si](O)(O)O.[AlH3]. The Labute approximate surface area is 51.0 Å². The Morgan fingerprint density at radius 3 is 0.857 bits per heavy atom. The second-order valence-electron chi connectivity index (χ2n) is 0.600. The quantitative estimate of drug-likeness (QED) is 0.266. The molecule has 0 aliphatic rings. The third-order valence-electron chi connectivity index (χ3n) is 0. The topological polar surface area (TPSA) is 80.9 Å². The molecule has 7 heteroatoms. The van der Waals surface area contributed by atoms with Crippen LogP contribution in [0.3, 0.4) is 0 Å². The fourth-order valence-corrected chi connectivity index (χ4v) is 0. The van der Waals surface area contributed by atoms with Gasteiger partial charge in [0.15, 0.2) is 17.4 Å². The molecule has 0 radical (unpaired) electrons. The molecule has 0 aromatic carbocycles. The van der Waals surface area contributed by atoms with E-state index in [2.05, 4.69) is 0 Å². The molecule has 46 valence electrons. The monoisotopic (exact) mass is 146 g/mol. The fraction of sp³-hybridized carbons (Fsp3) is 0. The Kier molecular flexibility index (Phi) is 10.4. The minimum absolute atomic E-state index is 0. The lowest BCUT2D eigenvalue weighted by atomic mass is 15.7. The van der Waals surface area contributed by atoms with Crippen molar-refractivity contribution in [1.29, 1.82) is 0 Å². The number of rotatable bonds is 0. The van der Waals surface area contributed by atoms with Crippen LogP contribution in [0, 0.1) is 0 Å². The minimum atomic E-state index is -4.61. The highest BCUT2D eigenvalue weighted by molar-refractivity contribution is 6.46. The van der Waals surface area contributed by atoms with Crippen LogP contribution < -0.4 is 0 Å². The first-order valence-corrected chi connectivity index (χ1v) is 2.68. The lowest BCUT2D eigenvalue weighted by Gasteiger charge is -1.91. The van der Waals surface area contributed by atoms with Gasteiger partial charge < -0.3 is 19.2 Å². The van der Waals surface area contributed by atoms with E-state index in [1.807, 2.05) is 0 Å². The maximum absolute atomic E-state index is 7.33. The third kappa shape index (κ3) is 494. The molecule has 0 heterocycles. The van der Waals surface area contributed by atoms with Gasteiger partial charge in [0.05, 0.1) is 0 Å². The second kappa shape index (κ2) is 4.67. The summed E-state index contributed by atoms with van der Waals surface area (Å²) in [5.41, 5.74) is 0. The first-order valence-electron chi connectivity index (χ1n) is 0.894. The second-order valence-corrected chi connectivity index (χ2v) is 1.80. The lowest BCUT2D eigenvalue weighted by molar-refractivity contribution is 0.117. The molecule has 0 atom stereocenters. The van der Waals surface area contributed by atoms with Gasteiger partial charge in [-0.2, -0.15) is 0 Å². The van der Waals surface area contributed by atoms with Gasteiger partial charge >= 0.3 is 9.05 Å². The molecule has 0 amide bonds. The van der Waals surface area contributed by atoms with E-state index in [0.717, 1.165) is 0 Å². The highest BCUT2D eigenvalue weighted by Crippen LogP contribution is 1.67. The van der Waals surface area contributed by atoms with Gasteiger partial charge in [-0.25, -0.2) is 0 Å². The zero-order valence-electron chi connectivity index (χ0n) is 2.70. The first-order chi connectivity index (χ1) is 2.00. The molecule has 0 bridgehead atoms. The predicted molar refractivity (Wildman–Crippen MR) is 27.1 cm³/mol. The molecule has 0 saturated carbocycles. The van der Waals surface area contributed by atoms with Crippen LogP contribution in [0.15, 0.2) is 0 Å². The maximum atomic E-state index is 7.33. The molecule has 4 N–H and O–H groups in total. The van der Waals surface area contributed by atoms with Gasteiger partial charge in [-0.3, -0.25) is 4.70 Å². The van der Waals surface area contributed by atoms with Gasteiger partial charge in [0, 0.05) is 0 Å². The van der Waals surface area contributed by atoms with Crippen molar-refractivity contribution in [2.24, 2.45) is 0 Å². The summed E-state index contributed by atoms with van der Waals surface area (Å²) >= 11 is 0. The van der Waals surface area contributed by atoms with Crippen LogP contribution in [-0.4, -0.2) is 45.6 Å². The molecule has 0 saturated heterocycles. The fourth-order valence-electron chi connectivity index (χ4n) is 0. The van der Waals surface area contributed by atoms with Crippen LogP contribution in [0.25, 0.3) is 0 Å². The van der Waals surface area contributed by atoms with Crippen molar-refractivity contribution in [3.8, 4) is 0 Å². The van der Waals surface area contributed by atoms with E-state index in [4.69, 9.17) is 19.2 Å². The van der Waals surface area contributed by atoms with Crippen molar-refractivity contribution in [3.05, 3.63) is 0 Å². The molecular weight excluding hydrogens is 138 g/mol. The van der Waals surface area contributed by atoms with E-state index in [9.17, 15) is 0 Å². The van der Waals surface area contributed by atoms with Gasteiger partial charge in [-0.05, 0) is 0 Å². The average Bonchev–Trinajstić information content (AvgIpc) is 0.722. The van der Waals surface area contributed by atoms with Crippen molar-refractivity contribution in [3.63, 3.8) is 0 Å². The summed E-state index contributed by atoms with van der Waals surface area (Å²) in [6.07, 6.45) is 0. The minimum Gasteiger partial charge on any atom is -0.368 e. The van der Waals surface area contributed by atoms with Gasteiger partial charge in [0.2, 0.25) is 0 Å². The Morgan fingerprint density at radius 1 is 0.857 bits per heavy atom. The smallest absolute Gasteiger partial charge is 0.368 e. The summed E-state index contributed by atoms with van der Waals surface area (Å²) < 4.78 is 0. The molecule has 0 aliphatic heterocycles. The zero-order valence-corrected chi connectivity index (χ0v) is 3.70. The molecule has 7 heavy (non-hydrogen) atoms. The molecular formula is H8AlFO4Si. The molecule has 0 spiro atoms. The van der Waals surface area contributed by atoms with E-state index in [-0.39, 0.29) is 22.1 Å². The van der Waals surface area contributed by atoms with Crippen LogP contribution in [0.4, 0.5) is 4.70 Å². The molecule has 0 fully saturated rings. The highest BCUT2D eigenvalue weighted by atomic mass is 28.4. The van der Waals surface area contributed by atoms with Crippen molar-refractivity contribution in [1.82, 2.24) is 0 Å². The number of hydrogen-bond acceptors (Lipinski definition) is 4. The predicted octanol–water partition coefficient (Wildman–Crippen LogP) is -3.64. The Balaban J connectivity index is -0.0000000800. The zero-order chi connectivity index (χ0) is 4.50. The molecule has 0 aliphatic carbocycles. The van der Waals surface area contributed by atoms with Crippen LogP contribution in [0.5, 0.6) is 0 Å². The maximum Gasteiger partial charge on any atom is 0.668 e. The van der Waals surface area contributed by atoms with E-state index >= 15 is 0 Å². The van der Waals surface area contributed by atoms with Crippen molar-refractivity contribution in [2.45, 2.75) is 0 Å². The highest BCUT2D eigenvalue weighted by Gasteiger charge is 2.22. The van der Waals surface area contributed by atoms with Crippen molar-refractivity contribution >= 4 is 26.4 Å². The summed E-state index contributed by atoms with van der Waals surface area (Å²) in [6.45, 7) is 0. The Hall–Kier alpha value is 0.519. The average molecular weight is 146 g/mol. The number of halogens is 1. The molecule has 0 aromatic heterocycles. The standard InChI is InChI=1S/Al.FH.H4O4Si.3H/c;;1-5(2,3)4;;;/h;1H;1-4H;;;. The molecule has 0 aromatic rings. The first kappa shape index (κ1) is 15.6. The van der Waals surface area contributed by atoms with Crippen LogP contribution in [0.1, 0.15) is 0 Å². The van der Waals surface area contributed by atoms with E-state index in [1.54, 1.807) is 0 Å². The lowest BCUT2D eigenvalue weighted by Crippen LogP contribution is -2.33. The van der Waals surface area contributed by atoms with Gasteiger partial charge in [0.1, 0.15) is 0 Å². The summed E-state index contributed by atoms with van der Waals surface area (Å²) in [6, 6.07) is 0. The Bertz CT molecular complexity index is 27.2. The number of hydrogen-bond donors (Lipinski definition) is 4. The summed E-state index contributed by atoms with van der Waals surface area (Å²) in [7, 11) is -4.61. The summed E-state index contributed by atoms with van der Waals surface area (Å²) in [5, 5.41) is 0. The van der Waals surface area contributed by atoms with Crippen molar-refractivity contribution in [2.75, 3.05) is 0 Å². The third-order valence-corrected chi connectivity index (χ3v) is 0. The van der Waals surface area contributed by atoms with E-state index in [0.29, 0.717) is 0 Å². The summed E-state index contributed by atoms with van der Waals surface area (Å²) in [4.78, 5) is 29.3. The molecule has 4 nitrogen and oxygen atoms in total.